The zero-order chi connectivity index (χ0) is 34.4. The van der Waals surface area contributed by atoms with Crippen LogP contribution in [0.2, 0.25) is 0 Å². The Morgan fingerprint density at radius 3 is 1.75 bits per heavy atom. The van der Waals surface area contributed by atoms with E-state index < -0.39 is 0 Å². The summed E-state index contributed by atoms with van der Waals surface area (Å²) in [5.41, 5.74) is 10.5. The van der Waals surface area contributed by atoms with Gasteiger partial charge < -0.3 is 4.42 Å². The van der Waals surface area contributed by atoms with Gasteiger partial charge in [0.05, 0.1) is 21.3 Å². The molecule has 0 unspecified atom stereocenters. The number of thiazole rings is 1. The zero-order valence-corrected chi connectivity index (χ0v) is 28.6. The van der Waals surface area contributed by atoms with Crippen LogP contribution in [0.3, 0.4) is 0 Å². The molecule has 5 nitrogen and oxygen atoms in total. The topological polar surface area (TPSA) is 64.7 Å². The summed E-state index contributed by atoms with van der Waals surface area (Å²) < 4.78 is 8.15. The quantitative estimate of drug-likeness (QED) is 0.174. The fourth-order valence-corrected chi connectivity index (χ4v) is 7.92. The Labute approximate surface area is 303 Å². The van der Waals surface area contributed by atoms with Crippen LogP contribution in [0, 0.1) is 0 Å². The lowest BCUT2D eigenvalue weighted by atomic mass is 9.97. The molecule has 0 N–H and O–H groups in total. The van der Waals surface area contributed by atoms with Gasteiger partial charge in [0.1, 0.15) is 16.2 Å². The van der Waals surface area contributed by atoms with Crippen molar-refractivity contribution in [3.63, 3.8) is 0 Å². The molecule has 0 bridgehead atoms. The Hall–Kier alpha value is -6.76. The highest BCUT2D eigenvalue weighted by Crippen LogP contribution is 2.45. The summed E-state index contributed by atoms with van der Waals surface area (Å²) in [5, 5.41) is 2.92. The SMILES string of the molecule is c1ccc(-c2cccc(-c3nc(-c4ccccc4)nc(-c4cccc5c4oc4c(-c6nc7ccccc7s6)c(-c6ccccc6)ccc45)n3)c2)cc1. The van der Waals surface area contributed by atoms with Crippen molar-refractivity contribution in [2.75, 3.05) is 0 Å². The van der Waals surface area contributed by atoms with E-state index in [1.165, 1.54) is 0 Å². The number of benzene rings is 7. The lowest BCUT2D eigenvalue weighted by Gasteiger charge is -2.10. The molecule has 0 amide bonds. The predicted octanol–water partition coefficient (Wildman–Crippen LogP) is 12.4. The van der Waals surface area contributed by atoms with Crippen LogP contribution in [0.25, 0.3) is 99.1 Å². The summed E-state index contributed by atoms with van der Waals surface area (Å²) in [5.74, 6) is 1.74. The fourth-order valence-electron chi connectivity index (χ4n) is 6.90. The molecule has 0 saturated heterocycles. The minimum atomic E-state index is 0.545. The van der Waals surface area contributed by atoms with Gasteiger partial charge in [0.2, 0.25) is 0 Å². The molecule has 0 aliphatic heterocycles. The molecule has 10 rings (SSSR count). The number of hydrogen-bond donors (Lipinski definition) is 0. The lowest BCUT2D eigenvalue weighted by Crippen LogP contribution is -2.00. The third-order valence-electron chi connectivity index (χ3n) is 9.40. The van der Waals surface area contributed by atoms with Gasteiger partial charge in [-0.3, -0.25) is 0 Å². The van der Waals surface area contributed by atoms with E-state index in [4.69, 9.17) is 24.4 Å². The number of rotatable bonds is 6. The molecule has 0 aliphatic carbocycles. The van der Waals surface area contributed by atoms with E-state index in [0.717, 1.165) is 81.7 Å². The highest BCUT2D eigenvalue weighted by Gasteiger charge is 2.23. The van der Waals surface area contributed by atoms with E-state index in [2.05, 4.69) is 115 Å². The normalized spacial score (nSPS) is 11.5. The fraction of sp³-hybridized carbons (Fsp3) is 0. The summed E-state index contributed by atoms with van der Waals surface area (Å²) in [6, 6.07) is 58.0. The molecule has 244 valence electrons. The second kappa shape index (κ2) is 12.5. The summed E-state index contributed by atoms with van der Waals surface area (Å²) in [7, 11) is 0. The minimum absolute atomic E-state index is 0.545. The van der Waals surface area contributed by atoms with Crippen molar-refractivity contribution < 1.29 is 4.42 Å². The minimum Gasteiger partial charge on any atom is -0.455 e. The van der Waals surface area contributed by atoms with Crippen molar-refractivity contribution in [2.45, 2.75) is 0 Å². The molecule has 0 aliphatic rings. The van der Waals surface area contributed by atoms with E-state index in [9.17, 15) is 0 Å². The summed E-state index contributed by atoms with van der Waals surface area (Å²) >= 11 is 1.68. The van der Waals surface area contributed by atoms with E-state index in [1.807, 2.05) is 54.6 Å². The predicted molar refractivity (Wildman–Crippen MR) is 213 cm³/mol. The van der Waals surface area contributed by atoms with Crippen molar-refractivity contribution >= 4 is 43.5 Å². The molecule has 0 saturated carbocycles. The van der Waals surface area contributed by atoms with Crippen LogP contribution in [0.15, 0.2) is 174 Å². The number of aromatic nitrogens is 4. The van der Waals surface area contributed by atoms with E-state index >= 15 is 0 Å². The van der Waals surface area contributed by atoms with E-state index in [0.29, 0.717) is 17.5 Å². The van der Waals surface area contributed by atoms with Crippen molar-refractivity contribution in [1.82, 2.24) is 19.9 Å². The molecule has 6 heteroatoms. The first-order chi connectivity index (χ1) is 25.8. The second-order valence-electron chi connectivity index (χ2n) is 12.6. The number of para-hydroxylation sites is 2. The maximum Gasteiger partial charge on any atom is 0.167 e. The van der Waals surface area contributed by atoms with Gasteiger partial charge in [0.25, 0.3) is 0 Å². The first-order valence-electron chi connectivity index (χ1n) is 17.1. The van der Waals surface area contributed by atoms with Crippen molar-refractivity contribution in [2.24, 2.45) is 0 Å². The van der Waals surface area contributed by atoms with Crippen molar-refractivity contribution in [3.8, 4) is 67.0 Å². The molecule has 3 heterocycles. The molecular weight excluding hydrogens is 657 g/mol. The van der Waals surface area contributed by atoms with Gasteiger partial charge >= 0.3 is 0 Å². The molecule has 0 radical (unpaired) electrons. The number of hydrogen-bond acceptors (Lipinski definition) is 6. The van der Waals surface area contributed by atoms with Gasteiger partial charge in [-0.2, -0.15) is 0 Å². The van der Waals surface area contributed by atoms with E-state index in [1.54, 1.807) is 11.3 Å². The van der Waals surface area contributed by atoms with Crippen LogP contribution < -0.4 is 0 Å². The molecular formula is C46H28N4OS. The molecule has 52 heavy (non-hydrogen) atoms. The standard InChI is InChI=1S/C46H28N4OS/c1-4-14-29(15-5-1)32-20-12-21-33(28-32)44-48-43(31-18-8-3-9-19-31)49-45(50-44)37-23-13-22-35-36-27-26-34(30-16-6-2-7-17-30)40(42(36)51-41(35)37)46-47-38-24-10-11-25-39(38)52-46/h1-28H. The van der Waals surface area contributed by atoms with Crippen LogP contribution in [0.4, 0.5) is 0 Å². The number of fused-ring (bicyclic) bond motifs is 4. The number of nitrogens with zero attached hydrogens (tertiary/aromatic N) is 4. The first kappa shape index (κ1) is 30.1. The van der Waals surface area contributed by atoms with Gasteiger partial charge in [0.15, 0.2) is 17.5 Å². The van der Waals surface area contributed by atoms with Crippen LogP contribution in [0.1, 0.15) is 0 Å². The summed E-state index contributed by atoms with van der Waals surface area (Å²) in [6.07, 6.45) is 0. The molecule has 0 atom stereocenters. The Morgan fingerprint density at radius 2 is 0.981 bits per heavy atom. The summed E-state index contributed by atoms with van der Waals surface area (Å²) in [4.78, 5) is 20.4. The Morgan fingerprint density at radius 1 is 0.385 bits per heavy atom. The van der Waals surface area contributed by atoms with Gasteiger partial charge in [-0.25, -0.2) is 19.9 Å². The Balaban J connectivity index is 1.21. The van der Waals surface area contributed by atoms with E-state index in [-0.39, 0.29) is 0 Å². The summed E-state index contributed by atoms with van der Waals surface area (Å²) in [6.45, 7) is 0. The molecule has 0 fully saturated rings. The third-order valence-corrected chi connectivity index (χ3v) is 10.4. The Bertz CT molecular complexity index is 2870. The highest BCUT2D eigenvalue weighted by atomic mass is 32.1. The van der Waals surface area contributed by atoms with Crippen LogP contribution in [-0.4, -0.2) is 19.9 Å². The molecule has 3 aromatic heterocycles. The van der Waals surface area contributed by atoms with Crippen molar-refractivity contribution in [3.05, 3.63) is 170 Å². The lowest BCUT2D eigenvalue weighted by molar-refractivity contribution is 0.670. The molecule has 10 aromatic rings. The second-order valence-corrected chi connectivity index (χ2v) is 13.7. The van der Waals surface area contributed by atoms with Crippen molar-refractivity contribution in [1.29, 1.82) is 0 Å². The monoisotopic (exact) mass is 684 g/mol. The van der Waals surface area contributed by atoms with Gasteiger partial charge in [0, 0.05) is 21.9 Å². The van der Waals surface area contributed by atoms with Gasteiger partial charge in [-0.15, -0.1) is 11.3 Å². The van der Waals surface area contributed by atoms with Crippen LogP contribution >= 0.6 is 11.3 Å². The maximum atomic E-state index is 7.02. The largest absolute Gasteiger partial charge is 0.455 e. The van der Waals surface area contributed by atoms with Crippen LogP contribution in [-0.2, 0) is 0 Å². The molecule has 0 spiro atoms. The average molecular weight is 685 g/mol. The highest BCUT2D eigenvalue weighted by molar-refractivity contribution is 7.21. The Kier molecular flexibility index (Phi) is 7.25. The maximum absolute atomic E-state index is 7.02. The number of furan rings is 1. The van der Waals surface area contributed by atoms with Gasteiger partial charge in [-0.1, -0.05) is 140 Å². The average Bonchev–Trinajstić information content (AvgIpc) is 3.83. The first-order valence-corrected chi connectivity index (χ1v) is 18.0. The van der Waals surface area contributed by atoms with Gasteiger partial charge in [-0.05, 0) is 52.6 Å². The zero-order valence-electron chi connectivity index (χ0n) is 27.8. The smallest absolute Gasteiger partial charge is 0.167 e. The van der Waals surface area contributed by atoms with Crippen LogP contribution in [0.5, 0.6) is 0 Å². The molecule has 7 aromatic carbocycles. The third kappa shape index (κ3) is 5.25.